The highest BCUT2D eigenvalue weighted by atomic mass is 16.2. The molecule has 31 heavy (non-hydrogen) atoms. The predicted molar refractivity (Wildman–Crippen MR) is 125 cm³/mol. The number of carbonyl (C=O) groups is 2. The number of piperidine rings is 1. The van der Waals surface area contributed by atoms with Gasteiger partial charge in [0.15, 0.2) is 0 Å². The topological polar surface area (TPSA) is 40.6 Å². The first-order valence-electron chi connectivity index (χ1n) is 11.5. The van der Waals surface area contributed by atoms with Crippen LogP contribution in [-0.2, 0) is 16.0 Å². The van der Waals surface area contributed by atoms with Gasteiger partial charge in [-0.15, -0.1) is 0 Å². The van der Waals surface area contributed by atoms with E-state index in [1.54, 1.807) is 4.90 Å². The van der Waals surface area contributed by atoms with E-state index in [1.165, 1.54) is 22.3 Å². The van der Waals surface area contributed by atoms with Gasteiger partial charge in [-0.3, -0.25) is 9.59 Å². The predicted octanol–water partition coefficient (Wildman–Crippen LogP) is 4.56. The molecule has 2 amide bonds. The number of hydrogen-bond acceptors (Lipinski definition) is 2. The summed E-state index contributed by atoms with van der Waals surface area (Å²) in [7, 11) is 3.69. The fourth-order valence-corrected chi connectivity index (χ4v) is 5.13. The molecule has 4 nitrogen and oxygen atoms in total. The Hall–Kier alpha value is -2.62. The Bertz CT molecular complexity index is 973. The minimum Gasteiger partial charge on any atom is -0.348 e. The zero-order chi connectivity index (χ0) is 22.2. The first kappa shape index (κ1) is 21.6. The van der Waals surface area contributed by atoms with Crippen LogP contribution in [-0.4, -0.2) is 48.8 Å². The number of likely N-dealkylation sites (tertiary alicyclic amines) is 1. The Balaban J connectivity index is 1.56. The van der Waals surface area contributed by atoms with Gasteiger partial charge >= 0.3 is 0 Å². The van der Waals surface area contributed by atoms with Crippen molar-refractivity contribution in [2.75, 3.05) is 27.2 Å². The minimum absolute atomic E-state index is 0.181. The normalized spacial score (nSPS) is 22.1. The molecule has 1 aliphatic carbocycles. The molecule has 2 aromatic carbocycles. The second-order valence-corrected chi connectivity index (χ2v) is 9.82. The number of amides is 2. The van der Waals surface area contributed by atoms with Crippen molar-refractivity contribution in [3.05, 3.63) is 59.7 Å². The molecule has 4 heteroatoms. The van der Waals surface area contributed by atoms with Gasteiger partial charge < -0.3 is 9.80 Å². The molecule has 0 unspecified atom stereocenters. The summed E-state index contributed by atoms with van der Waals surface area (Å²) in [6, 6.07) is 17.0. The number of carbonyl (C=O) groups excluding carboxylic acids is 2. The van der Waals surface area contributed by atoms with Crippen molar-refractivity contribution in [1.29, 1.82) is 0 Å². The van der Waals surface area contributed by atoms with E-state index in [-0.39, 0.29) is 11.8 Å². The lowest BCUT2D eigenvalue weighted by molar-refractivity contribution is -0.146. The highest BCUT2D eigenvalue weighted by molar-refractivity contribution is 5.85. The van der Waals surface area contributed by atoms with E-state index in [4.69, 9.17) is 0 Å². The van der Waals surface area contributed by atoms with Gasteiger partial charge in [0.05, 0.1) is 5.41 Å². The van der Waals surface area contributed by atoms with Gasteiger partial charge in [-0.2, -0.15) is 0 Å². The second-order valence-electron chi connectivity index (χ2n) is 9.82. The Morgan fingerprint density at radius 1 is 1.06 bits per heavy atom. The summed E-state index contributed by atoms with van der Waals surface area (Å²) in [4.78, 5) is 29.8. The smallest absolute Gasteiger partial charge is 0.228 e. The molecule has 1 heterocycles. The average Bonchev–Trinajstić information content (AvgIpc) is 3.50. The number of rotatable bonds is 5. The van der Waals surface area contributed by atoms with Crippen molar-refractivity contribution in [2.45, 2.75) is 39.5 Å². The third-order valence-corrected chi connectivity index (χ3v) is 7.24. The zero-order valence-electron chi connectivity index (χ0n) is 19.2. The van der Waals surface area contributed by atoms with Gasteiger partial charge in [-0.25, -0.2) is 0 Å². The van der Waals surface area contributed by atoms with E-state index in [2.05, 4.69) is 62.4 Å². The van der Waals surface area contributed by atoms with E-state index < -0.39 is 5.41 Å². The Kier molecular flexibility index (Phi) is 5.92. The Morgan fingerprint density at radius 2 is 1.74 bits per heavy atom. The number of aryl methyl sites for hydroxylation is 1. The molecule has 1 saturated carbocycles. The molecule has 0 aromatic heterocycles. The van der Waals surface area contributed by atoms with Crippen LogP contribution in [0.15, 0.2) is 48.5 Å². The SMILES string of the molecule is Cc1ccccc1-c1cccc(CC2(C(=O)N(C)C)CCN(C(=O)[C@@H]3C[C@H]3C)CC2)c1. The zero-order valence-corrected chi connectivity index (χ0v) is 19.2. The molecule has 2 fully saturated rings. The van der Waals surface area contributed by atoms with E-state index in [9.17, 15) is 9.59 Å². The summed E-state index contributed by atoms with van der Waals surface area (Å²) >= 11 is 0. The highest BCUT2D eigenvalue weighted by Gasteiger charge is 2.46. The van der Waals surface area contributed by atoms with Crippen molar-refractivity contribution in [2.24, 2.45) is 17.3 Å². The van der Waals surface area contributed by atoms with E-state index in [0.29, 0.717) is 31.3 Å². The van der Waals surface area contributed by atoms with Crippen LogP contribution >= 0.6 is 0 Å². The van der Waals surface area contributed by atoms with Crippen LogP contribution in [0.1, 0.15) is 37.3 Å². The van der Waals surface area contributed by atoms with Crippen LogP contribution in [0, 0.1) is 24.2 Å². The highest BCUT2D eigenvalue weighted by Crippen LogP contribution is 2.42. The molecule has 2 aromatic rings. The summed E-state index contributed by atoms with van der Waals surface area (Å²) in [6.45, 7) is 5.64. The molecular weight excluding hydrogens is 384 g/mol. The minimum atomic E-state index is -0.445. The lowest BCUT2D eigenvalue weighted by atomic mass is 9.72. The van der Waals surface area contributed by atoms with Crippen LogP contribution in [0.2, 0.25) is 0 Å². The molecule has 2 aliphatic rings. The maximum atomic E-state index is 13.3. The van der Waals surface area contributed by atoms with Gasteiger partial charge in [-0.1, -0.05) is 55.5 Å². The van der Waals surface area contributed by atoms with E-state index >= 15 is 0 Å². The van der Waals surface area contributed by atoms with Crippen molar-refractivity contribution in [1.82, 2.24) is 9.80 Å². The van der Waals surface area contributed by atoms with Crippen molar-refractivity contribution < 1.29 is 9.59 Å². The van der Waals surface area contributed by atoms with Crippen LogP contribution < -0.4 is 0 Å². The standard InChI is InChI=1S/C27H34N2O2/c1-19-8-5-6-11-23(19)22-10-7-9-21(17-22)18-27(26(31)28(3)4)12-14-29(15-13-27)25(30)24-16-20(24)2/h5-11,17,20,24H,12-16,18H2,1-4H3/t20-,24-/m1/s1. The maximum absolute atomic E-state index is 13.3. The lowest BCUT2D eigenvalue weighted by Crippen LogP contribution is -2.51. The summed E-state index contributed by atoms with van der Waals surface area (Å²) in [5.41, 5.74) is 4.42. The van der Waals surface area contributed by atoms with Crippen molar-refractivity contribution in [3.8, 4) is 11.1 Å². The van der Waals surface area contributed by atoms with Crippen LogP contribution in [0.25, 0.3) is 11.1 Å². The summed E-state index contributed by atoms with van der Waals surface area (Å²) < 4.78 is 0. The van der Waals surface area contributed by atoms with Gasteiger partial charge in [0.1, 0.15) is 0 Å². The Labute approximate surface area is 186 Å². The quantitative estimate of drug-likeness (QED) is 0.714. The van der Waals surface area contributed by atoms with Gasteiger partial charge in [-0.05, 0) is 60.8 Å². The Morgan fingerprint density at radius 3 is 2.35 bits per heavy atom. The molecule has 0 N–H and O–H groups in total. The van der Waals surface area contributed by atoms with Crippen LogP contribution in [0.3, 0.4) is 0 Å². The van der Waals surface area contributed by atoms with E-state index in [0.717, 1.165) is 19.3 Å². The molecule has 2 atom stereocenters. The first-order valence-corrected chi connectivity index (χ1v) is 11.5. The van der Waals surface area contributed by atoms with Crippen molar-refractivity contribution >= 4 is 11.8 Å². The molecule has 1 aliphatic heterocycles. The first-order chi connectivity index (χ1) is 14.8. The largest absolute Gasteiger partial charge is 0.348 e. The third kappa shape index (κ3) is 4.39. The monoisotopic (exact) mass is 418 g/mol. The summed E-state index contributed by atoms with van der Waals surface area (Å²) in [5, 5.41) is 0. The molecule has 1 saturated heterocycles. The number of nitrogens with zero attached hydrogens (tertiary/aromatic N) is 2. The fraction of sp³-hybridized carbons (Fsp3) is 0.481. The summed E-state index contributed by atoms with van der Waals surface area (Å²) in [5.74, 6) is 1.20. The molecule has 4 rings (SSSR count). The van der Waals surface area contributed by atoms with Gasteiger partial charge in [0, 0.05) is 33.1 Å². The van der Waals surface area contributed by atoms with Crippen LogP contribution in [0.4, 0.5) is 0 Å². The molecule has 0 spiro atoms. The summed E-state index contributed by atoms with van der Waals surface area (Å²) in [6.07, 6.45) is 3.19. The van der Waals surface area contributed by atoms with Gasteiger partial charge in [0.2, 0.25) is 11.8 Å². The fourth-order valence-electron chi connectivity index (χ4n) is 5.13. The molecule has 0 bridgehead atoms. The number of hydrogen-bond donors (Lipinski definition) is 0. The second kappa shape index (κ2) is 8.49. The third-order valence-electron chi connectivity index (χ3n) is 7.24. The molecule has 0 radical (unpaired) electrons. The lowest BCUT2D eigenvalue weighted by Gasteiger charge is -2.42. The number of benzene rings is 2. The maximum Gasteiger partial charge on any atom is 0.228 e. The van der Waals surface area contributed by atoms with Crippen molar-refractivity contribution in [3.63, 3.8) is 0 Å². The molecular formula is C27H34N2O2. The van der Waals surface area contributed by atoms with Crippen LogP contribution in [0.5, 0.6) is 0 Å². The molecule has 164 valence electrons. The average molecular weight is 419 g/mol. The van der Waals surface area contributed by atoms with E-state index in [1.807, 2.05) is 19.0 Å². The van der Waals surface area contributed by atoms with Gasteiger partial charge in [0.25, 0.3) is 0 Å².